The minimum absolute atomic E-state index is 0.342. The molecule has 0 aliphatic rings. The first kappa shape index (κ1) is 16.7. The summed E-state index contributed by atoms with van der Waals surface area (Å²) in [5.41, 5.74) is 0. The van der Waals surface area contributed by atoms with Crippen LogP contribution in [-0.2, 0) is 9.47 Å². The van der Waals surface area contributed by atoms with E-state index < -0.39 is 0 Å². The summed E-state index contributed by atoms with van der Waals surface area (Å²) < 4.78 is 11.4. The van der Waals surface area contributed by atoms with Crippen LogP contribution in [-0.4, -0.2) is 25.9 Å². The lowest BCUT2D eigenvalue weighted by atomic mass is 10.1. The van der Waals surface area contributed by atoms with E-state index in [9.17, 15) is 0 Å². The van der Waals surface area contributed by atoms with Crippen LogP contribution in [0.25, 0.3) is 0 Å². The minimum Gasteiger partial charge on any atom is -0.381 e. The number of hydrogen-bond acceptors (Lipinski definition) is 2. The molecule has 1 atom stereocenters. The van der Waals surface area contributed by atoms with Crippen molar-refractivity contribution in [1.29, 1.82) is 0 Å². The highest BCUT2D eigenvalue weighted by Gasteiger charge is 2.06. The fourth-order valence-corrected chi connectivity index (χ4v) is 1.61. The van der Waals surface area contributed by atoms with Crippen LogP contribution in [0.15, 0.2) is 12.7 Å². The lowest BCUT2D eigenvalue weighted by molar-refractivity contribution is 0.0375. The summed E-state index contributed by atoms with van der Waals surface area (Å²) in [4.78, 5) is 0. The molecular formula is C15H30O2. The van der Waals surface area contributed by atoms with Gasteiger partial charge in [-0.1, -0.05) is 32.8 Å². The van der Waals surface area contributed by atoms with Crippen molar-refractivity contribution in [3.8, 4) is 0 Å². The molecule has 0 aromatic carbocycles. The molecule has 0 heterocycles. The van der Waals surface area contributed by atoms with Gasteiger partial charge < -0.3 is 9.47 Å². The zero-order valence-corrected chi connectivity index (χ0v) is 11.7. The maximum absolute atomic E-state index is 5.82. The van der Waals surface area contributed by atoms with E-state index in [2.05, 4.69) is 20.4 Å². The molecule has 17 heavy (non-hydrogen) atoms. The third-order valence-corrected chi connectivity index (χ3v) is 2.74. The molecule has 0 N–H and O–H groups in total. The maximum Gasteiger partial charge on any atom is 0.0610 e. The molecular weight excluding hydrogens is 212 g/mol. The number of unbranched alkanes of at least 4 members (excludes halogenated alkanes) is 2. The van der Waals surface area contributed by atoms with Crippen molar-refractivity contribution in [1.82, 2.24) is 0 Å². The zero-order chi connectivity index (χ0) is 12.8. The number of rotatable bonds is 13. The second kappa shape index (κ2) is 13.7. The molecule has 0 fully saturated rings. The molecule has 2 nitrogen and oxygen atoms in total. The molecule has 0 radical (unpaired) electrons. The molecule has 0 aromatic rings. The molecule has 0 saturated carbocycles. The van der Waals surface area contributed by atoms with Gasteiger partial charge in [-0.3, -0.25) is 0 Å². The Morgan fingerprint density at radius 1 is 1.00 bits per heavy atom. The lowest BCUT2D eigenvalue weighted by Crippen LogP contribution is -2.14. The quantitative estimate of drug-likeness (QED) is 0.353. The Balaban J connectivity index is 3.44. The van der Waals surface area contributed by atoms with Gasteiger partial charge in [-0.15, -0.1) is 6.58 Å². The van der Waals surface area contributed by atoms with Gasteiger partial charge in [0.05, 0.1) is 6.10 Å². The van der Waals surface area contributed by atoms with Crippen molar-refractivity contribution in [2.45, 2.75) is 64.9 Å². The molecule has 102 valence electrons. The van der Waals surface area contributed by atoms with Gasteiger partial charge in [-0.05, 0) is 32.1 Å². The van der Waals surface area contributed by atoms with E-state index in [1.807, 2.05) is 6.08 Å². The molecule has 0 rings (SSSR count). The Kier molecular flexibility index (Phi) is 13.4. The summed E-state index contributed by atoms with van der Waals surface area (Å²) in [5.74, 6) is 0. The molecule has 0 saturated heterocycles. The van der Waals surface area contributed by atoms with Crippen molar-refractivity contribution in [2.24, 2.45) is 0 Å². The van der Waals surface area contributed by atoms with E-state index in [4.69, 9.17) is 9.47 Å². The molecule has 0 bridgehead atoms. The van der Waals surface area contributed by atoms with Gasteiger partial charge in [0, 0.05) is 19.8 Å². The maximum atomic E-state index is 5.82. The summed E-state index contributed by atoms with van der Waals surface area (Å²) in [5, 5.41) is 0. The average molecular weight is 242 g/mol. The first-order valence-corrected chi connectivity index (χ1v) is 7.15. The van der Waals surface area contributed by atoms with Gasteiger partial charge in [0.2, 0.25) is 0 Å². The van der Waals surface area contributed by atoms with E-state index in [1.165, 1.54) is 19.3 Å². The minimum atomic E-state index is 0.342. The van der Waals surface area contributed by atoms with Crippen molar-refractivity contribution in [3.05, 3.63) is 12.7 Å². The lowest BCUT2D eigenvalue weighted by Gasteiger charge is -2.16. The zero-order valence-electron chi connectivity index (χ0n) is 11.7. The van der Waals surface area contributed by atoms with Crippen LogP contribution < -0.4 is 0 Å². The van der Waals surface area contributed by atoms with Crippen molar-refractivity contribution >= 4 is 0 Å². The van der Waals surface area contributed by atoms with E-state index in [0.29, 0.717) is 6.10 Å². The number of hydrogen-bond donors (Lipinski definition) is 0. The summed E-state index contributed by atoms with van der Waals surface area (Å²) in [7, 11) is 0. The normalized spacial score (nSPS) is 12.6. The molecule has 0 spiro atoms. The third kappa shape index (κ3) is 11.9. The third-order valence-electron chi connectivity index (χ3n) is 2.74. The topological polar surface area (TPSA) is 18.5 Å². The summed E-state index contributed by atoms with van der Waals surface area (Å²) in [6, 6.07) is 0. The van der Waals surface area contributed by atoms with Gasteiger partial charge in [0.15, 0.2) is 0 Å². The Hall–Kier alpha value is -0.340. The summed E-state index contributed by atoms with van der Waals surface area (Å²) >= 11 is 0. The molecule has 0 aliphatic heterocycles. The highest BCUT2D eigenvalue weighted by atomic mass is 16.5. The first-order valence-electron chi connectivity index (χ1n) is 7.15. The van der Waals surface area contributed by atoms with Crippen LogP contribution in [0, 0.1) is 0 Å². The van der Waals surface area contributed by atoms with Crippen molar-refractivity contribution in [2.75, 3.05) is 19.8 Å². The van der Waals surface area contributed by atoms with E-state index in [-0.39, 0.29) is 0 Å². The highest BCUT2D eigenvalue weighted by Crippen LogP contribution is 2.09. The predicted octanol–water partition coefficient (Wildman–Crippen LogP) is 4.34. The molecule has 0 aromatic heterocycles. The monoisotopic (exact) mass is 242 g/mol. The van der Waals surface area contributed by atoms with Crippen LogP contribution in [0.2, 0.25) is 0 Å². The van der Waals surface area contributed by atoms with Crippen LogP contribution in [0.3, 0.4) is 0 Å². The number of ether oxygens (including phenoxy) is 2. The van der Waals surface area contributed by atoms with Gasteiger partial charge in [0.1, 0.15) is 0 Å². The predicted molar refractivity (Wildman–Crippen MR) is 74.4 cm³/mol. The Morgan fingerprint density at radius 3 is 2.29 bits per heavy atom. The van der Waals surface area contributed by atoms with Crippen molar-refractivity contribution in [3.63, 3.8) is 0 Å². The van der Waals surface area contributed by atoms with Gasteiger partial charge >= 0.3 is 0 Å². The fourth-order valence-electron chi connectivity index (χ4n) is 1.61. The van der Waals surface area contributed by atoms with Crippen LogP contribution in [0.1, 0.15) is 58.8 Å². The molecule has 0 unspecified atom stereocenters. The smallest absolute Gasteiger partial charge is 0.0610 e. The summed E-state index contributed by atoms with van der Waals surface area (Å²) in [6.45, 7) is 10.8. The van der Waals surface area contributed by atoms with E-state index in [0.717, 1.165) is 45.5 Å². The highest BCUT2D eigenvalue weighted by molar-refractivity contribution is 4.73. The molecule has 2 heteroatoms. The first-order chi connectivity index (χ1) is 8.35. The van der Waals surface area contributed by atoms with Gasteiger partial charge in [-0.25, -0.2) is 0 Å². The Labute approximate surface area is 107 Å². The van der Waals surface area contributed by atoms with Crippen molar-refractivity contribution < 1.29 is 9.47 Å². The average Bonchev–Trinajstić information content (AvgIpc) is 2.34. The van der Waals surface area contributed by atoms with Crippen LogP contribution in [0.5, 0.6) is 0 Å². The largest absolute Gasteiger partial charge is 0.381 e. The Bertz CT molecular complexity index is 157. The second-order valence-electron chi connectivity index (χ2n) is 4.48. The molecule has 0 amide bonds. The van der Waals surface area contributed by atoms with Crippen LogP contribution in [0.4, 0.5) is 0 Å². The van der Waals surface area contributed by atoms with Gasteiger partial charge in [-0.2, -0.15) is 0 Å². The van der Waals surface area contributed by atoms with E-state index in [1.54, 1.807) is 0 Å². The fraction of sp³-hybridized carbons (Fsp3) is 0.867. The van der Waals surface area contributed by atoms with Gasteiger partial charge in [0.25, 0.3) is 0 Å². The SMILES string of the molecule is C=CC[C@@H](CCCOCCCC)OCCCC. The van der Waals surface area contributed by atoms with Crippen LogP contribution >= 0.6 is 0 Å². The summed E-state index contributed by atoms with van der Waals surface area (Å²) in [6.07, 6.45) is 10.2. The molecule has 0 aliphatic carbocycles. The van der Waals surface area contributed by atoms with E-state index >= 15 is 0 Å². The Morgan fingerprint density at radius 2 is 1.65 bits per heavy atom. The standard InChI is InChI=1S/C15H30O2/c1-4-7-12-16-13-9-11-15(10-6-3)17-14-8-5-2/h6,15H,3-5,7-14H2,1-2H3/t15-/m0/s1. The second-order valence-corrected chi connectivity index (χ2v) is 4.48.